The first-order valence-corrected chi connectivity index (χ1v) is 10.2. The van der Waals surface area contributed by atoms with Crippen LogP contribution in [0.4, 0.5) is 0 Å². The maximum Gasteiger partial charge on any atom is 0.323 e. The Kier molecular flexibility index (Phi) is 5.81. The summed E-state index contributed by atoms with van der Waals surface area (Å²) in [6, 6.07) is 20.6. The number of carbonyl (C=O) groups is 2. The molecule has 4 rings (SSSR count). The maximum atomic E-state index is 13.0. The minimum atomic E-state index is -0.363. The molecule has 30 heavy (non-hydrogen) atoms. The standard InChI is InChI=1S/C25H25NO4/c1-30-25(29)22-13-18(16-26(22)15-17-7-3-2-4-8-17)14-23(27)21-12-11-19-9-5-6-10-20(19)24(21)28/h2-12,18,22,28H,13-16H2,1H3/t18-,22+/m1/s1. The zero-order valence-corrected chi connectivity index (χ0v) is 17.0. The summed E-state index contributed by atoms with van der Waals surface area (Å²) in [5.41, 5.74) is 1.45. The predicted octanol–water partition coefficient (Wildman–Crippen LogP) is 4.18. The summed E-state index contributed by atoms with van der Waals surface area (Å²) in [6.07, 6.45) is 0.851. The van der Waals surface area contributed by atoms with Crippen LogP contribution in [0.2, 0.25) is 0 Å². The van der Waals surface area contributed by atoms with Gasteiger partial charge in [-0.05, 0) is 29.4 Å². The molecule has 1 aliphatic rings. The van der Waals surface area contributed by atoms with Gasteiger partial charge in [0.1, 0.15) is 11.8 Å². The van der Waals surface area contributed by atoms with Gasteiger partial charge in [0.25, 0.3) is 0 Å². The van der Waals surface area contributed by atoms with Crippen molar-refractivity contribution in [2.45, 2.75) is 25.4 Å². The van der Waals surface area contributed by atoms with Crippen molar-refractivity contribution in [3.05, 3.63) is 77.9 Å². The number of nitrogens with zero attached hydrogens (tertiary/aromatic N) is 1. The molecule has 154 valence electrons. The quantitative estimate of drug-likeness (QED) is 0.494. The number of carbonyl (C=O) groups excluding carboxylic acids is 2. The lowest BCUT2D eigenvalue weighted by Gasteiger charge is -2.22. The van der Waals surface area contributed by atoms with Crippen molar-refractivity contribution in [1.82, 2.24) is 4.90 Å². The second kappa shape index (κ2) is 8.67. The van der Waals surface area contributed by atoms with Gasteiger partial charge < -0.3 is 9.84 Å². The van der Waals surface area contributed by atoms with E-state index in [1.807, 2.05) is 60.7 Å². The van der Waals surface area contributed by atoms with E-state index < -0.39 is 0 Å². The molecule has 0 saturated carbocycles. The molecule has 2 atom stereocenters. The highest BCUT2D eigenvalue weighted by Crippen LogP contribution is 2.33. The number of fused-ring (bicyclic) bond motifs is 1. The molecule has 0 amide bonds. The Morgan fingerprint density at radius 1 is 1.03 bits per heavy atom. The van der Waals surface area contributed by atoms with Crippen LogP contribution in [-0.4, -0.2) is 41.5 Å². The summed E-state index contributed by atoms with van der Waals surface area (Å²) in [5, 5.41) is 12.2. The number of hydrogen-bond acceptors (Lipinski definition) is 5. The first-order chi connectivity index (χ1) is 14.6. The number of esters is 1. The Morgan fingerprint density at radius 2 is 1.77 bits per heavy atom. The Hall–Kier alpha value is -3.18. The van der Waals surface area contributed by atoms with Gasteiger partial charge in [0.15, 0.2) is 5.78 Å². The number of Topliss-reactive ketones (excluding diaryl/α,β-unsaturated/α-hetero) is 1. The SMILES string of the molecule is COC(=O)[C@@H]1C[C@H](CC(=O)c2ccc3ccccc3c2O)CN1Cc1ccccc1. The number of rotatable bonds is 6. The molecule has 1 N–H and O–H groups in total. The highest BCUT2D eigenvalue weighted by atomic mass is 16.5. The molecular formula is C25H25NO4. The second-order valence-electron chi connectivity index (χ2n) is 7.87. The fourth-order valence-electron chi connectivity index (χ4n) is 4.37. The van der Waals surface area contributed by atoms with Gasteiger partial charge >= 0.3 is 5.97 Å². The molecule has 0 aromatic heterocycles. The first kappa shape index (κ1) is 20.1. The largest absolute Gasteiger partial charge is 0.507 e. The van der Waals surface area contributed by atoms with Crippen molar-refractivity contribution in [1.29, 1.82) is 0 Å². The molecule has 3 aromatic rings. The fraction of sp³-hybridized carbons (Fsp3) is 0.280. The van der Waals surface area contributed by atoms with Gasteiger partial charge in [-0.25, -0.2) is 0 Å². The van der Waals surface area contributed by atoms with Crippen LogP contribution >= 0.6 is 0 Å². The Bertz CT molecular complexity index is 1060. The van der Waals surface area contributed by atoms with Crippen LogP contribution in [0.1, 0.15) is 28.8 Å². The van der Waals surface area contributed by atoms with Gasteiger partial charge in [-0.15, -0.1) is 0 Å². The minimum Gasteiger partial charge on any atom is -0.507 e. The number of ketones is 1. The predicted molar refractivity (Wildman–Crippen MR) is 115 cm³/mol. The van der Waals surface area contributed by atoms with E-state index >= 15 is 0 Å². The molecule has 1 fully saturated rings. The average molecular weight is 403 g/mol. The number of likely N-dealkylation sites (tertiary alicyclic amines) is 1. The smallest absolute Gasteiger partial charge is 0.323 e. The molecule has 3 aromatic carbocycles. The summed E-state index contributed by atoms with van der Waals surface area (Å²) < 4.78 is 5.00. The summed E-state index contributed by atoms with van der Waals surface area (Å²) >= 11 is 0. The van der Waals surface area contributed by atoms with Crippen molar-refractivity contribution in [2.24, 2.45) is 5.92 Å². The molecule has 0 unspecified atom stereocenters. The van der Waals surface area contributed by atoms with E-state index in [4.69, 9.17) is 4.74 Å². The van der Waals surface area contributed by atoms with E-state index in [2.05, 4.69) is 4.90 Å². The van der Waals surface area contributed by atoms with E-state index in [1.165, 1.54) is 7.11 Å². The zero-order valence-electron chi connectivity index (χ0n) is 17.0. The highest BCUT2D eigenvalue weighted by molar-refractivity contribution is 6.04. The fourth-order valence-corrected chi connectivity index (χ4v) is 4.37. The van der Waals surface area contributed by atoms with Crippen molar-refractivity contribution in [3.63, 3.8) is 0 Å². The summed E-state index contributed by atoms with van der Waals surface area (Å²) in [5.74, 6) is -0.319. The van der Waals surface area contributed by atoms with Gasteiger partial charge in [-0.1, -0.05) is 60.7 Å². The van der Waals surface area contributed by atoms with E-state index in [-0.39, 0.29) is 35.9 Å². The highest BCUT2D eigenvalue weighted by Gasteiger charge is 2.38. The second-order valence-corrected chi connectivity index (χ2v) is 7.87. The summed E-state index contributed by atoms with van der Waals surface area (Å²) in [6.45, 7) is 1.27. The van der Waals surface area contributed by atoms with Crippen LogP contribution in [-0.2, 0) is 16.1 Å². The number of aromatic hydroxyl groups is 1. The molecule has 0 spiro atoms. The Labute approximate surface area is 175 Å². The van der Waals surface area contributed by atoms with E-state index in [0.717, 1.165) is 10.9 Å². The molecule has 1 aliphatic heterocycles. The monoisotopic (exact) mass is 403 g/mol. The molecule has 1 heterocycles. The van der Waals surface area contributed by atoms with Crippen LogP contribution in [0, 0.1) is 5.92 Å². The molecule has 0 aliphatic carbocycles. The molecule has 0 bridgehead atoms. The van der Waals surface area contributed by atoms with E-state index in [9.17, 15) is 14.7 Å². The third kappa shape index (κ3) is 4.07. The van der Waals surface area contributed by atoms with E-state index in [1.54, 1.807) is 6.07 Å². The third-order valence-electron chi connectivity index (χ3n) is 5.87. The normalized spacial score (nSPS) is 19.1. The lowest BCUT2D eigenvalue weighted by Crippen LogP contribution is -2.36. The molecule has 0 radical (unpaired) electrons. The Morgan fingerprint density at radius 3 is 2.53 bits per heavy atom. The van der Waals surface area contributed by atoms with Crippen molar-refractivity contribution in [3.8, 4) is 5.75 Å². The van der Waals surface area contributed by atoms with Gasteiger partial charge in [0.05, 0.1) is 12.7 Å². The van der Waals surface area contributed by atoms with Gasteiger partial charge in [-0.3, -0.25) is 14.5 Å². The van der Waals surface area contributed by atoms with Gasteiger partial charge in [0.2, 0.25) is 0 Å². The first-order valence-electron chi connectivity index (χ1n) is 10.2. The molecule has 5 heteroatoms. The summed E-state index contributed by atoms with van der Waals surface area (Å²) in [4.78, 5) is 27.4. The van der Waals surface area contributed by atoms with Crippen molar-refractivity contribution >= 4 is 22.5 Å². The zero-order chi connectivity index (χ0) is 21.1. The maximum absolute atomic E-state index is 13.0. The van der Waals surface area contributed by atoms with Gasteiger partial charge in [0, 0.05) is 24.9 Å². The van der Waals surface area contributed by atoms with Crippen molar-refractivity contribution in [2.75, 3.05) is 13.7 Å². The van der Waals surface area contributed by atoms with Crippen LogP contribution < -0.4 is 0 Å². The number of methoxy groups -OCH3 is 1. The van der Waals surface area contributed by atoms with Gasteiger partial charge in [-0.2, -0.15) is 0 Å². The van der Waals surface area contributed by atoms with E-state index in [0.29, 0.717) is 30.5 Å². The minimum absolute atomic E-state index is 0.0242. The molecule has 1 saturated heterocycles. The van der Waals surface area contributed by atoms with Crippen LogP contribution in [0.25, 0.3) is 10.8 Å². The topological polar surface area (TPSA) is 66.8 Å². The van der Waals surface area contributed by atoms with Crippen molar-refractivity contribution < 1.29 is 19.4 Å². The Balaban J connectivity index is 1.51. The number of hydrogen-bond donors (Lipinski definition) is 1. The number of phenols is 1. The summed E-state index contributed by atoms with van der Waals surface area (Å²) in [7, 11) is 1.40. The molecule has 5 nitrogen and oxygen atoms in total. The van der Waals surface area contributed by atoms with Crippen LogP contribution in [0.5, 0.6) is 5.75 Å². The lowest BCUT2D eigenvalue weighted by atomic mass is 9.94. The average Bonchev–Trinajstić information content (AvgIpc) is 3.16. The number of benzene rings is 3. The lowest BCUT2D eigenvalue weighted by molar-refractivity contribution is -0.146. The number of phenolic OH excluding ortho intramolecular Hbond substituents is 1. The third-order valence-corrected chi connectivity index (χ3v) is 5.87. The van der Waals surface area contributed by atoms with Crippen LogP contribution in [0.3, 0.4) is 0 Å². The van der Waals surface area contributed by atoms with Crippen LogP contribution in [0.15, 0.2) is 66.7 Å². The molecular weight excluding hydrogens is 378 g/mol. The number of ether oxygens (including phenoxy) is 1.